The van der Waals surface area contributed by atoms with E-state index in [0.717, 1.165) is 0 Å². The first-order valence-electron chi connectivity index (χ1n) is 8.24. The summed E-state index contributed by atoms with van der Waals surface area (Å²) in [5.74, 6) is -1.62. The van der Waals surface area contributed by atoms with Gasteiger partial charge in [0.1, 0.15) is 17.5 Å². The standard InChI is InChI=1S/C18H20N2O6S.Na/c1-18(2)14(17(24)25)20-15(23)13(16(20)27-18)19-12(22)7-5-9-4-6-10(21)11(8-9)26-3;/h4-8,13-14,16,21H,1-3H3,(H,19,22)(H,24,25);/t13-,14+,16-;/m1./s1. The average Bonchev–Trinajstić information content (AvgIpc) is 2.87. The second kappa shape index (κ2) is 8.36. The van der Waals surface area contributed by atoms with Gasteiger partial charge in [0.25, 0.3) is 0 Å². The molecule has 0 bridgehead atoms. The number of methoxy groups -OCH3 is 1. The van der Waals surface area contributed by atoms with Crippen molar-refractivity contribution in [3.63, 3.8) is 0 Å². The number of nitrogens with one attached hydrogen (secondary N) is 1. The molecule has 1 radical (unpaired) electrons. The van der Waals surface area contributed by atoms with Crippen LogP contribution in [0.5, 0.6) is 11.5 Å². The summed E-state index contributed by atoms with van der Waals surface area (Å²) in [5.41, 5.74) is 0.642. The number of hydrogen-bond acceptors (Lipinski definition) is 6. The summed E-state index contributed by atoms with van der Waals surface area (Å²) < 4.78 is 4.37. The van der Waals surface area contributed by atoms with Crippen molar-refractivity contribution in [1.82, 2.24) is 10.2 Å². The SMILES string of the molecule is COc1cc(C=CC(=O)N[C@@H]2C(=O)N3[C@@H]2SC(C)(C)[C@@H]3C(=O)O)ccc1O.[Na]. The van der Waals surface area contributed by atoms with Gasteiger partial charge in [0.2, 0.25) is 11.8 Å². The van der Waals surface area contributed by atoms with E-state index in [2.05, 4.69) is 5.32 Å². The molecule has 1 aromatic rings. The number of aromatic hydroxyl groups is 1. The Morgan fingerprint density at radius 1 is 1.36 bits per heavy atom. The average molecular weight is 415 g/mol. The molecule has 145 valence electrons. The maximum atomic E-state index is 12.3. The van der Waals surface area contributed by atoms with Crippen molar-refractivity contribution in [2.45, 2.75) is 36.1 Å². The van der Waals surface area contributed by atoms with E-state index in [1.54, 1.807) is 26.0 Å². The van der Waals surface area contributed by atoms with Crippen molar-refractivity contribution in [3.8, 4) is 11.5 Å². The number of benzene rings is 1. The Kier molecular flexibility index (Phi) is 6.75. The molecule has 10 heteroatoms. The predicted octanol–water partition coefficient (Wildman–Crippen LogP) is 0.665. The summed E-state index contributed by atoms with van der Waals surface area (Å²) in [5, 5.41) is 21.2. The molecule has 0 aromatic heterocycles. The van der Waals surface area contributed by atoms with E-state index in [-0.39, 0.29) is 46.4 Å². The number of hydrogen-bond donors (Lipinski definition) is 3. The first-order valence-corrected chi connectivity index (χ1v) is 9.12. The van der Waals surface area contributed by atoms with Crippen LogP contribution in [0.2, 0.25) is 0 Å². The fourth-order valence-electron chi connectivity index (χ4n) is 3.32. The zero-order valence-corrected chi connectivity index (χ0v) is 18.8. The van der Waals surface area contributed by atoms with Crippen LogP contribution in [0, 0.1) is 0 Å². The number of fused-ring (bicyclic) bond motifs is 1. The maximum absolute atomic E-state index is 12.3. The molecule has 8 nitrogen and oxygen atoms in total. The summed E-state index contributed by atoms with van der Waals surface area (Å²) in [6.45, 7) is 3.55. The van der Waals surface area contributed by atoms with Gasteiger partial charge in [0.05, 0.1) is 7.11 Å². The molecule has 0 unspecified atom stereocenters. The summed E-state index contributed by atoms with van der Waals surface area (Å²) >= 11 is 1.37. The van der Waals surface area contributed by atoms with Crippen molar-refractivity contribution in [2.75, 3.05) is 7.11 Å². The Labute approximate surface area is 188 Å². The van der Waals surface area contributed by atoms with Gasteiger partial charge < -0.3 is 25.2 Å². The number of β-lactam (4-membered cyclic amide) rings is 1. The number of carboxylic acid groups (broad SMARTS) is 1. The number of carboxylic acids is 1. The monoisotopic (exact) mass is 415 g/mol. The Morgan fingerprint density at radius 3 is 2.64 bits per heavy atom. The van der Waals surface area contributed by atoms with Crippen LogP contribution in [-0.2, 0) is 14.4 Å². The second-order valence-corrected chi connectivity index (χ2v) is 8.62. The van der Waals surface area contributed by atoms with Crippen LogP contribution in [0.3, 0.4) is 0 Å². The molecule has 2 saturated heterocycles. The smallest absolute Gasteiger partial charge is 0.327 e. The number of rotatable bonds is 5. The largest absolute Gasteiger partial charge is 0.504 e. The Balaban J connectivity index is 0.00000280. The van der Waals surface area contributed by atoms with E-state index in [0.29, 0.717) is 5.56 Å². The van der Waals surface area contributed by atoms with Crippen molar-refractivity contribution >= 4 is 65.2 Å². The molecule has 0 spiro atoms. The molecule has 28 heavy (non-hydrogen) atoms. The van der Waals surface area contributed by atoms with E-state index in [1.807, 2.05) is 0 Å². The minimum Gasteiger partial charge on any atom is -0.504 e. The molecule has 2 heterocycles. The molecule has 2 aliphatic rings. The predicted molar refractivity (Wildman–Crippen MR) is 105 cm³/mol. The molecular weight excluding hydrogens is 395 g/mol. The number of amides is 2. The molecular formula is C18H20N2NaO6S. The van der Waals surface area contributed by atoms with Gasteiger partial charge in [-0.25, -0.2) is 4.79 Å². The topological polar surface area (TPSA) is 116 Å². The second-order valence-electron chi connectivity index (χ2n) is 6.85. The zero-order valence-electron chi connectivity index (χ0n) is 16.0. The number of carbonyl (C=O) groups excluding carboxylic acids is 2. The van der Waals surface area contributed by atoms with Crippen LogP contribution in [0.15, 0.2) is 24.3 Å². The van der Waals surface area contributed by atoms with E-state index in [4.69, 9.17) is 4.74 Å². The number of phenols is 1. The third-order valence-corrected chi connectivity index (χ3v) is 6.18. The van der Waals surface area contributed by atoms with Crippen molar-refractivity contribution in [2.24, 2.45) is 0 Å². The van der Waals surface area contributed by atoms with Gasteiger partial charge in [-0.05, 0) is 37.6 Å². The van der Waals surface area contributed by atoms with Crippen LogP contribution >= 0.6 is 11.8 Å². The molecule has 1 aromatic carbocycles. The number of phenolic OH excluding ortho intramolecular Hbond substituents is 1. The summed E-state index contributed by atoms with van der Waals surface area (Å²) in [6.07, 6.45) is 2.81. The van der Waals surface area contributed by atoms with E-state index in [1.165, 1.54) is 42.0 Å². The summed E-state index contributed by atoms with van der Waals surface area (Å²) in [4.78, 5) is 37.3. The molecule has 0 saturated carbocycles. The molecule has 2 aliphatic heterocycles. The minimum atomic E-state index is -1.05. The molecule has 3 atom stereocenters. The van der Waals surface area contributed by atoms with Gasteiger partial charge in [-0.2, -0.15) is 0 Å². The number of carbonyl (C=O) groups is 3. The van der Waals surface area contributed by atoms with Gasteiger partial charge in [-0.3, -0.25) is 9.59 Å². The number of ether oxygens (including phenoxy) is 1. The van der Waals surface area contributed by atoms with E-state index >= 15 is 0 Å². The van der Waals surface area contributed by atoms with Gasteiger partial charge in [0.15, 0.2) is 11.5 Å². The van der Waals surface area contributed by atoms with E-state index in [9.17, 15) is 24.6 Å². The quantitative estimate of drug-likeness (QED) is 0.368. The first-order chi connectivity index (χ1) is 12.7. The van der Waals surface area contributed by atoms with Crippen LogP contribution in [-0.4, -0.2) is 91.8 Å². The number of thioether (sulfide) groups is 1. The molecule has 3 rings (SSSR count). The van der Waals surface area contributed by atoms with Crippen LogP contribution in [0.4, 0.5) is 0 Å². The van der Waals surface area contributed by atoms with Gasteiger partial charge in [-0.15, -0.1) is 11.8 Å². The fraction of sp³-hybridized carbons (Fsp3) is 0.389. The van der Waals surface area contributed by atoms with Crippen molar-refractivity contribution in [3.05, 3.63) is 29.8 Å². The molecule has 2 amide bonds. The van der Waals surface area contributed by atoms with Crippen LogP contribution in [0.1, 0.15) is 19.4 Å². The minimum absolute atomic E-state index is 0. The number of nitrogens with zero attached hydrogens (tertiary/aromatic N) is 1. The van der Waals surface area contributed by atoms with Gasteiger partial charge in [-0.1, -0.05) is 6.07 Å². The molecule has 0 aliphatic carbocycles. The third kappa shape index (κ3) is 4.03. The van der Waals surface area contributed by atoms with Gasteiger partial charge in [0, 0.05) is 40.4 Å². The summed E-state index contributed by atoms with van der Waals surface area (Å²) in [7, 11) is 1.42. The normalized spacial score (nSPS) is 24.9. The first kappa shape index (κ1) is 22.6. The Morgan fingerprint density at radius 2 is 2.04 bits per heavy atom. The van der Waals surface area contributed by atoms with Crippen LogP contribution < -0.4 is 10.1 Å². The Hall–Kier alpha value is -1.68. The Bertz CT molecular complexity index is 843. The van der Waals surface area contributed by atoms with Gasteiger partial charge >= 0.3 is 5.97 Å². The third-order valence-electron chi connectivity index (χ3n) is 4.60. The zero-order chi connectivity index (χ0) is 19.9. The molecule has 2 fully saturated rings. The summed E-state index contributed by atoms with van der Waals surface area (Å²) in [6, 6.07) is 2.98. The number of aliphatic carboxylic acids is 1. The van der Waals surface area contributed by atoms with E-state index < -0.39 is 34.6 Å². The van der Waals surface area contributed by atoms with Crippen molar-refractivity contribution < 1.29 is 29.3 Å². The fourth-order valence-corrected chi connectivity index (χ4v) is 4.94. The molecule has 3 N–H and O–H groups in total. The maximum Gasteiger partial charge on any atom is 0.327 e. The van der Waals surface area contributed by atoms with Crippen molar-refractivity contribution in [1.29, 1.82) is 0 Å². The van der Waals surface area contributed by atoms with Crippen LogP contribution in [0.25, 0.3) is 6.08 Å².